The molecule has 0 spiro atoms. The van der Waals surface area contributed by atoms with Gasteiger partial charge in [-0.05, 0) is 6.92 Å². The van der Waals surface area contributed by atoms with Crippen LogP contribution in [0.4, 0.5) is 0 Å². The molecular weight excluding hydrogens is 200 g/mol. The van der Waals surface area contributed by atoms with Crippen molar-refractivity contribution in [2.24, 2.45) is 0 Å². The molecule has 0 heterocycles. The molecule has 5 heteroatoms. The van der Waals surface area contributed by atoms with Gasteiger partial charge in [0.2, 0.25) is 0 Å². The molecule has 0 unspecified atom stereocenters. The van der Waals surface area contributed by atoms with Crippen molar-refractivity contribution >= 4 is 17.9 Å². The van der Waals surface area contributed by atoms with Crippen LogP contribution < -0.4 is 0 Å². The van der Waals surface area contributed by atoms with Crippen molar-refractivity contribution in [2.75, 3.05) is 6.61 Å². The Morgan fingerprint density at radius 2 is 1.67 bits per heavy atom. The summed E-state index contributed by atoms with van der Waals surface area (Å²) in [6.45, 7) is 4.20. The second-order valence-corrected chi connectivity index (χ2v) is 2.90. The zero-order chi connectivity index (χ0) is 11.8. The lowest BCUT2D eigenvalue weighted by molar-refractivity contribution is -0.155. The van der Waals surface area contributed by atoms with Gasteiger partial charge >= 0.3 is 17.9 Å². The number of carbonyl (C=O) groups is 3. The Balaban J connectivity index is 3.92. The number of hydrogen-bond donors (Lipinski definition) is 0. The first-order valence-corrected chi connectivity index (χ1v) is 4.46. The first-order valence-electron chi connectivity index (χ1n) is 4.46. The summed E-state index contributed by atoms with van der Waals surface area (Å²) in [5.74, 6) is -1.69. The highest BCUT2D eigenvalue weighted by Gasteiger charge is 2.07. The van der Waals surface area contributed by atoms with E-state index in [0.29, 0.717) is 12.0 Å². The molecule has 0 N–H and O–H groups in total. The monoisotopic (exact) mass is 214 g/mol. The van der Waals surface area contributed by atoms with Crippen molar-refractivity contribution in [3.63, 3.8) is 0 Å². The summed E-state index contributed by atoms with van der Waals surface area (Å²) in [4.78, 5) is 31.9. The van der Waals surface area contributed by atoms with Gasteiger partial charge in [-0.1, -0.05) is 6.08 Å². The molecule has 0 saturated heterocycles. The summed E-state index contributed by atoms with van der Waals surface area (Å²) in [5.41, 5.74) is 0.317. The van der Waals surface area contributed by atoms with Crippen LogP contribution in [0.25, 0.3) is 0 Å². The van der Waals surface area contributed by atoms with Gasteiger partial charge < -0.3 is 9.47 Å². The zero-order valence-corrected chi connectivity index (χ0v) is 9.03. The third kappa shape index (κ3) is 7.42. The Bertz CT molecular complexity index is 290. The fourth-order valence-electron chi connectivity index (χ4n) is 0.772. The molecule has 0 bridgehead atoms. The quantitative estimate of drug-likeness (QED) is 0.302. The standard InChI is InChI=1S/C10H14O5/c1-7(10(13)15-9(3)12)5-4-6-14-8(2)11/h5H,4,6H2,1-3H3. The molecular formula is C10H14O5. The fourth-order valence-corrected chi connectivity index (χ4v) is 0.772. The second-order valence-electron chi connectivity index (χ2n) is 2.90. The number of ether oxygens (including phenoxy) is 2. The van der Waals surface area contributed by atoms with E-state index in [1.54, 1.807) is 6.08 Å². The van der Waals surface area contributed by atoms with Crippen molar-refractivity contribution in [1.82, 2.24) is 0 Å². The third-order valence-corrected chi connectivity index (χ3v) is 1.43. The lowest BCUT2D eigenvalue weighted by Crippen LogP contribution is -2.10. The fraction of sp³-hybridized carbons (Fsp3) is 0.500. The van der Waals surface area contributed by atoms with Gasteiger partial charge in [0.05, 0.1) is 6.61 Å². The molecule has 15 heavy (non-hydrogen) atoms. The van der Waals surface area contributed by atoms with E-state index in [4.69, 9.17) is 0 Å². The van der Waals surface area contributed by atoms with E-state index < -0.39 is 11.9 Å². The zero-order valence-electron chi connectivity index (χ0n) is 9.03. The maximum absolute atomic E-state index is 11.1. The summed E-state index contributed by atoms with van der Waals surface area (Å²) < 4.78 is 8.99. The molecule has 0 radical (unpaired) electrons. The lowest BCUT2D eigenvalue weighted by Gasteiger charge is -2.00. The first kappa shape index (κ1) is 13.4. The van der Waals surface area contributed by atoms with E-state index >= 15 is 0 Å². The van der Waals surface area contributed by atoms with Crippen LogP contribution in [0.1, 0.15) is 27.2 Å². The van der Waals surface area contributed by atoms with Gasteiger partial charge in [0.25, 0.3) is 0 Å². The molecule has 0 aromatic carbocycles. The van der Waals surface area contributed by atoms with Crippen LogP contribution in [0.15, 0.2) is 11.6 Å². The Morgan fingerprint density at radius 1 is 1.07 bits per heavy atom. The molecule has 0 aliphatic carbocycles. The molecule has 0 aliphatic rings. The van der Waals surface area contributed by atoms with E-state index in [0.717, 1.165) is 6.92 Å². The SMILES string of the molecule is CC(=O)OCCC=C(C)C(=O)OC(C)=O. The first-order chi connectivity index (χ1) is 6.93. The van der Waals surface area contributed by atoms with E-state index in [9.17, 15) is 14.4 Å². The summed E-state index contributed by atoms with van der Waals surface area (Å²) in [6, 6.07) is 0. The number of esters is 3. The average Bonchev–Trinajstić information content (AvgIpc) is 2.10. The van der Waals surface area contributed by atoms with Crippen molar-refractivity contribution < 1.29 is 23.9 Å². The maximum Gasteiger partial charge on any atom is 0.341 e. The van der Waals surface area contributed by atoms with Crippen LogP contribution in [0.5, 0.6) is 0 Å². The van der Waals surface area contributed by atoms with Gasteiger partial charge in [-0.25, -0.2) is 4.79 Å². The number of hydrogen-bond acceptors (Lipinski definition) is 5. The van der Waals surface area contributed by atoms with Crippen molar-refractivity contribution in [2.45, 2.75) is 27.2 Å². The van der Waals surface area contributed by atoms with Gasteiger partial charge in [0.1, 0.15) is 0 Å². The molecule has 5 nitrogen and oxygen atoms in total. The Hall–Kier alpha value is -1.65. The van der Waals surface area contributed by atoms with Gasteiger partial charge in [-0.2, -0.15) is 0 Å². The van der Waals surface area contributed by atoms with Crippen molar-refractivity contribution in [3.8, 4) is 0 Å². The third-order valence-electron chi connectivity index (χ3n) is 1.43. The molecule has 0 rings (SSSR count). The van der Waals surface area contributed by atoms with Crippen LogP contribution in [-0.4, -0.2) is 24.5 Å². The predicted octanol–water partition coefficient (Wildman–Crippen LogP) is 0.976. The van der Waals surface area contributed by atoms with Crippen LogP contribution in [0, 0.1) is 0 Å². The van der Waals surface area contributed by atoms with Crippen molar-refractivity contribution in [3.05, 3.63) is 11.6 Å². The topological polar surface area (TPSA) is 69.7 Å². The Labute approximate surface area is 88.0 Å². The lowest BCUT2D eigenvalue weighted by atomic mass is 10.2. The smallest absolute Gasteiger partial charge is 0.341 e. The minimum absolute atomic E-state index is 0.208. The highest BCUT2D eigenvalue weighted by molar-refractivity contribution is 5.95. The van der Waals surface area contributed by atoms with Gasteiger partial charge in [-0.3, -0.25) is 9.59 Å². The normalized spacial score (nSPS) is 10.7. The molecule has 0 aromatic heterocycles. The predicted molar refractivity (Wildman–Crippen MR) is 51.8 cm³/mol. The van der Waals surface area contributed by atoms with Crippen LogP contribution >= 0.6 is 0 Å². The van der Waals surface area contributed by atoms with Crippen LogP contribution in [0.2, 0.25) is 0 Å². The van der Waals surface area contributed by atoms with Gasteiger partial charge in [-0.15, -0.1) is 0 Å². The summed E-state index contributed by atoms with van der Waals surface area (Å²) in [7, 11) is 0. The maximum atomic E-state index is 11.1. The molecule has 0 aliphatic heterocycles. The van der Waals surface area contributed by atoms with Gasteiger partial charge in [0.15, 0.2) is 0 Å². The van der Waals surface area contributed by atoms with Crippen LogP contribution in [-0.2, 0) is 23.9 Å². The average molecular weight is 214 g/mol. The van der Waals surface area contributed by atoms with E-state index in [1.807, 2.05) is 0 Å². The van der Waals surface area contributed by atoms with Crippen molar-refractivity contribution in [1.29, 1.82) is 0 Å². The minimum Gasteiger partial charge on any atom is -0.466 e. The molecule has 0 amide bonds. The Kier molecular flexibility index (Phi) is 6.01. The molecule has 0 atom stereocenters. The summed E-state index contributed by atoms with van der Waals surface area (Å²) >= 11 is 0. The van der Waals surface area contributed by atoms with Crippen LogP contribution in [0.3, 0.4) is 0 Å². The highest BCUT2D eigenvalue weighted by atomic mass is 16.6. The molecule has 0 aromatic rings. The van der Waals surface area contributed by atoms with Gasteiger partial charge in [0, 0.05) is 25.8 Å². The van der Waals surface area contributed by atoms with E-state index in [1.165, 1.54) is 13.8 Å². The van der Waals surface area contributed by atoms with E-state index in [2.05, 4.69) is 9.47 Å². The molecule has 0 saturated carbocycles. The summed E-state index contributed by atoms with van der Waals surface area (Å²) in [5, 5.41) is 0. The number of carbonyl (C=O) groups excluding carboxylic acids is 3. The highest BCUT2D eigenvalue weighted by Crippen LogP contribution is 1.99. The minimum atomic E-state index is -0.676. The molecule has 84 valence electrons. The molecule has 0 fully saturated rings. The number of rotatable bonds is 4. The largest absolute Gasteiger partial charge is 0.466 e. The summed E-state index contributed by atoms with van der Waals surface area (Å²) in [6.07, 6.45) is 1.96. The van der Waals surface area contributed by atoms with E-state index in [-0.39, 0.29) is 12.6 Å². The second kappa shape index (κ2) is 6.75. The Morgan fingerprint density at radius 3 is 2.13 bits per heavy atom.